The predicted molar refractivity (Wildman–Crippen MR) is 72.7 cm³/mol. The number of halogens is 1. The minimum atomic E-state index is -0.750. The highest BCUT2D eigenvalue weighted by Crippen LogP contribution is 2.28. The number of hydrogen-bond acceptors (Lipinski definition) is 2. The van der Waals surface area contributed by atoms with Crippen molar-refractivity contribution in [2.75, 3.05) is 5.73 Å². The summed E-state index contributed by atoms with van der Waals surface area (Å²) in [5, 5.41) is 0.397. The minimum absolute atomic E-state index is 0.397. The zero-order valence-corrected chi connectivity index (χ0v) is 11.5. The molecule has 88 valence electrons. The van der Waals surface area contributed by atoms with Crippen molar-refractivity contribution in [1.29, 1.82) is 0 Å². The van der Waals surface area contributed by atoms with Gasteiger partial charge in [0.15, 0.2) is 0 Å². The lowest BCUT2D eigenvalue weighted by Gasteiger charge is -2.11. The molecule has 0 saturated heterocycles. The van der Waals surface area contributed by atoms with Crippen molar-refractivity contribution in [3.8, 4) is 0 Å². The average molecular weight is 302 g/mol. The lowest BCUT2D eigenvalue weighted by molar-refractivity contribution is 0.668. The molecule has 0 radical (unpaired) electrons. The van der Waals surface area contributed by atoms with E-state index in [4.69, 9.17) is 5.73 Å². The summed E-state index contributed by atoms with van der Waals surface area (Å²) in [6, 6.07) is 5.76. The molecule has 1 saturated carbocycles. The Hall–Kier alpha value is -0.350. The number of nitrogens with two attached hydrogens (primary N) is 1. The molecule has 0 spiro atoms. The number of hydrogen-bond donors (Lipinski definition) is 1. The van der Waals surface area contributed by atoms with Crippen LogP contribution in [0.3, 0.4) is 0 Å². The molecule has 0 bridgehead atoms. The van der Waals surface area contributed by atoms with Gasteiger partial charge in [0, 0.05) is 32.0 Å². The molecule has 0 amide bonds. The van der Waals surface area contributed by atoms with E-state index in [9.17, 15) is 4.21 Å². The Kier molecular flexibility index (Phi) is 4.03. The summed E-state index contributed by atoms with van der Waals surface area (Å²) >= 11 is 3.46. The van der Waals surface area contributed by atoms with Crippen molar-refractivity contribution in [2.45, 2.75) is 36.7 Å². The molecule has 0 heterocycles. The fourth-order valence-electron chi connectivity index (χ4n) is 2.13. The Morgan fingerprint density at radius 3 is 2.75 bits per heavy atom. The molecule has 1 aliphatic rings. The van der Waals surface area contributed by atoms with E-state index in [1.807, 2.05) is 18.2 Å². The molecular formula is C12H16BrNOS. The maximum absolute atomic E-state index is 12.1. The molecule has 1 aliphatic carbocycles. The molecule has 0 aromatic heterocycles. The topological polar surface area (TPSA) is 43.1 Å². The molecule has 1 fully saturated rings. The molecule has 1 aromatic carbocycles. The normalized spacial score (nSPS) is 18.8. The second-order valence-corrected chi connectivity index (χ2v) is 6.76. The van der Waals surface area contributed by atoms with Gasteiger partial charge in [0.2, 0.25) is 0 Å². The molecular weight excluding hydrogens is 286 g/mol. The van der Waals surface area contributed by atoms with Crippen LogP contribution in [0, 0.1) is 0 Å². The first kappa shape index (κ1) is 12.1. The standard InChI is InChI=1S/C12H16BrNOS/c13-12-9(4-3-7-11(12)14)8-16(15)10-5-1-2-6-10/h3-4,7,10H,1-2,5-6,8,14H2. The maximum Gasteiger partial charge on any atom is 0.0500 e. The van der Waals surface area contributed by atoms with Crippen molar-refractivity contribution < 1.29 is 4.21 Å². The molecule has 4 heteroatoms. The zero-order chi connectivity index (χ0) is 11.5. The molecule has 2 N–H and O–H groups in total. The van der Waals surface area contributed by atoms with Gasteiger partial charge in [-0.1, -0.05) is 25.0 Å². The van der Waals surface area contributed by atoms with E-state index in [0.29, 0.717) is 11.0 Å². The smallest absolute Gasteiger partial charge is 0.0500 e. The predicted octanol–water partition coefficient (Wildman–Crippen LogP) is 3.22. The number of anilines is 1. The van der Waals surface area contributed by atoms with Crippen LogP contribution in [0.25, 0.3) is 0 Å². The van der Waals surface area contributed by atoms with Crippen LogP contribution in [0.2, 0.25) is 0 Å². The molecule has 2 nitrogen and oxygen atoms in total. The van der Waals surface area contributed by atoms with Gasteiger partial charge in [0.1, 0.15) is 0 Å². The van der Waals surface area contributed by atoms with E-state index >= 15 is 0 Å². The fourth-order valence-corrected chi connectivity index (χ4v) is 4.37. The van der Waals surface area contributed by atoms with Crippen LogP contribution in [0.5, 0.6) is 0 Å². The second-order valence-electron chi connectivity index (χ2n) is 4.25. The SMILES string of the molecule is Nc1cccc(CS(=O)C2CCCC2)c1Br. The van der Waals surface area contributed by atoms with Crippen LogP contribution in [0.1, 0.15) is 31.2 Å². The van der Waals surface area contributed by atoms with Crippen LogP contribution in [0.15, 0.2) is 22.7 Å². The molecule has 1 aromatic rings. The first-order valence-electron chi connectivity index (χ1n) is 5.58. The van der Waals surface area contributed by atoms with Crippen LogP contribution >= 0.6 is 15.9 Å². The minimum Gasteiger partial charge on any atom is -0.398 e. The van der Waals surface area contributed by atoms with E-state index in [0.717, 1.165) is 28.6 Å². The monoisotopic (exact) mass is 301 g/mol. The third kappa shape index (κ3) is 2.66. The van der Waals surface area contributed by atoms with Gasteiger partial charge in [-0.2, -0.15) is 0 Å². The average Bonchev–Trinajstić information content (AvgIpc) is 2.78. The van der Waals surface area contributed by atoms with Crippen molar-refractivity contribution in [3.63, 3.8) is 0 Å². The first-order chi connectivity index (χ1) is 7.68. The third-order valence-corrected chi connectivity index (χ3v) is 5.86. The van der Waals surface area contributed by atoms with Crippen LogP contribution < -0.4 is 5.73 Å². The largest absolute Gasteiger partial charge is 0.398 e. The van der Waals surface area contributed by atoms with Gasteiger partial charge in [-0.3, -0.25) is 4.21 Å². The highest BCUT2D eigenvalue weighted by Gasteiger charge is 2.22. The van der Waals surface area contributed by atoms with E-state index in [1.54, 1.807) is 0 Å². The summed E-state index contributed by atoms with van der Waals surface area (Å²) in [4.78, 5) is 0. The van der Waals surface area contributed by atoms with Gasteiger partial charge in [0.05, 0.1) is 0 Å². The van der Waals surface area contributed by atoms with E-state index in [-0.39, 0.29) is 0 Å². The number of rotatable bonds is 3. The summed E-state index contributed by atoms with van der Waals surface area (Å²) in [5.74, 6) is 0.621. The fraction of sp³-hybridized carbons (Fsp3) is 0.500. The van der Waals surface area contributed by atoms with Gasteiger partial charge in [-0.05, 0) is 40.4 Å². The van der Waals surface area contributed by atoms with Crippen molar-refractivity contribution in [2.24, 2.45) is 0 Å². The van der Waals surface area contributed by atoms with Gasteiger partial charge in [-0.25, -0.2) is 0 Å². The van der Waals surface area contributed by atoms with Crippen LogP contribution in [-0.2, 0) is 16.6 Å². The first-order valence-corrected chi connectivity index (χ1v) is 7.76. The molecule has 2 rings (SSSR count). The van der Waals surface area contributed by atoms with Gasteiger partial charge >= 0.3 is 0 Å². The van der Waals surface area contributed by atoms with E-state index < -0.39 is 10.8 Å². The summed E-state index contributed by atoms with van der Waals surface area (Å²) in [6.07, 6.45) is 4.70. The summed E-state index contributed by atoms with van der Waals surface area (Å²) in [5.41, 5.74) is 7.59. The number of nitrogen functional groups attached to an aromatic ring is 1. The number of benzene rings is 1. The maximum atomic E-state index is 12.1. The van der Waals surface area contributed by atoms with Gasteiger partial charge < -0.3 is 5.73 Å². The van der Waals surface area contributed by atoms with E-state index in [2.05, 4.69) is 15.9 Å². The van der Waals surface area contributed by atoms with Crippen molar-refractivity contribution in [3.05, 3.63) is 28.2 Å². The lowest BCUT2D eigenvalue weighted by Crippen LogP contribution is -2.12. The Balaban J connectivity index is 2.08. The summed E-state index contributed by atoms with van der Waals surface area (Å²) in [6.45, 7) is 0. The quantitative estimate of drug-likeness (QED) is 0.871. The molecule has 1 unspecified atom stereocenters. The molecule has 0 aliphatic heterocycles. The Bertz CT molecular complexity index is 402. The van der Waals surface area contributed by atoms with Gasteiger partial charge in [0.25, 0.3) is 0 Å². The zero-order valence-electron chi connectivity index (χ0n) is 9.12. The Labute approximate surface area is 107 Å². The summed E-state index contributed by atoms with van der Waals surface area (Å²) in [7, 11) is -0.750. The van der Waals surface area contributed by atoms with Crippen LogP contribution in [-0.4, -0.2) is 9.46 Å². The van der Waals surface area contributed by atoms with Crippen molar-refractivity contribution in [1.82, 2.24) is 0 Å². The lowest BCUT2D eigenvalue weighted by atomic mass is 10.2. The summed E-state index contributed by atoms with van der Waals surface area (Å²) < 4.78 is 13.0. The van der Waals surface area contributed by atoms with Crippen molar-refractivity contribution >= 4 is 32.4 Å². The van der Waals surface area contributed by atoms with Crippen LogP contribution in [0.4, 0.5) is 5.69 Å². The second kappa shape index (κ2) is 5.32. The third-order valence-electron chi connectivity index (χ3n) is 3.08. The Morgan fingerprint density at radius 2 is 2.06 bits per heavy atom. The van der Waals surface area contributed by atoms with Gasteiger partial charge in [-0.15, -0.1) is 0 Å². The highest BCUT2D eigenvalue weighted by atomic mass is 79.9. The Morgan fingerprint density at radius 1 is 1.38 bits per heavy atom. The highest BCUT2D eigenvalue weighted by molar-refractivity contribution is 9.10. The molecule has 1 atom stereocenters. The van der Waals surface area contributed by atoms with E-state index in [1.165, 1.54) is 12.8 Å². The molecule has 16 heavy (non-hydrogen) atoms.